The smallest absolute Gasteiger partial charge is 0.239 e. The molecule has 100 valence electrons. The topological polar surface area (TPSA) is 41.1 Å². The van der Waals surface area contributed by atoms with Gasteiger partial charge in [0.1, 0.15) is 0 Å². The van der Waals surface area contributed by atoms with Crippen LogP contribution in [0.4, 0.5) is 5.69 Å². The molecule has 18 heavy (non-hydrogen) atoms. The Morgan fingerprint density at radius 2 is 2.00 bits per heavy atom. The number of benzene rings is 1. The van der Waals surface area contributed by atoms with Gasteiger partial charge in [0.2, 0.25) is 5.91 Å². The van der Waals surface area contributed by atoms with Gasteiger partial charge in [-0.1, -0.05) is 45.4 Å². The van der Waals surface area contributed by atoms with Crippen molar-refractivity contribution in [3.05, 3.63) is 29.8 Å². The standard InChI is InChI=1S/C15H24N2O/c1-4-5-10-16-15(18)11-17-14-9-7-6-8-13(14)12(2)3/h6-9,12,17H,4-5,10-11H2,1-3H3,(H,16,18). The molecule has 0 aromatic heterocycles. The van der Waals surface area contributed by atoms with E-state index in [2.05, 4.69) is 37.5 Å². The molecule has 0 fully saturated rings. The SMILES string of the molecule is CCCCNC(=O)CNc1ccccc1C(C)C. The van der Waals surface area contributed by atoms with Gasteiger partial charge in [0.15, 0.2) is 0 Å². The third kappa shape index (κ3) is 4.78. The zero-order chi connectivity index (χ0) is 13.4. The van der Waals surface area contributed by atoms with E-state index in [-0.39, 0.29) is 5.91 Å². The molecule has 3 heteroatoms. The van der Waals surface area contributed by atoms with Crippen LogP contribution in [0.25, 0.3) is 0 Å². The van der Waals surface area contributed by atoms with Crippen LogP contribution >= 0.6 is 0 Å². The molecule has 0 radical (unpaired) electrons. The molecular weight excluding hydrogens is 224 g/mol. The molecular formula is C15H24N2O. The number of hydrogen-bond acceptors (Lipinski definition) is 2. The first-order chi connectivity index (χ1) is 8.65. The summed E-state index contributed by atoms with van der Waals surface area (Å²) in [7, 11) is 0. The van der Waals surface area contributed by atoms with Crippen molar-refractivity contribution in [3.63, 3.8) is 0 Å². The number of para-hydroxylation sites is 1. The van der Waals surface area contributed by atoms with Crippen molar-refractivity contribution in [1.29, 1.82) is 0 Å². The fourth-order valence-corrected chi connectivity index (χ4v) is 1.80. The highest BCUT2D eigenvalue weighted by Gasteiger charge is 2.06. The second-order valence-electron chi connectivity index (χ2n) is 4.80. The summed E-state index contributed by atoms with van der Waals surface area (Å²) in [5.74, 6) is 0.513. The van der Waals surface area contributed by atoms with Crippen LogP contribution in [0, 0.1) is 0 Å². The number of rotatable bonds is 7. The highest BCUT2D eigenvalue weighted by molar-refractivity contribution is 5.80. The average Bonchev–Trinajstić information content (AvgIpc) is 2.37. The van der Waals surface area contributed by atoms with Gasteiger partial charge in [-0.05, 0) is 24.0 Å². The molecule has 1 rings (SSSR count). The lowest BCUT2D eigenvalue weighted by Gasteiger charge is -2.14. The number of amides is 1. The lowest BCUT2D eigenvalue weighted by Crippen LogP contribution is -2.30. The van der Waals surface area contributed by atoms with Crippen molar-refractivity contribution >= 4 is 11.6 Å². The summed E-state index contributed by atoms with van der Waals surface area (Å²) in [6, 6.07) is 8.14. The van der Waals surface area contributed by atoms with Gasteiger partial charge in [-0.15, -0.1) is 0 Å². The Labute approximate surface area is 110 Å². The van der Waals surface area contributed by atoms with E-state index in [4.69, 9.17) is 0 Å². The van der Waals surface area contributed by atoms with Crippen LogP contribution < -0.4 is 10.6 Å². The number of carbonyl (C=O) groups is 1. The number of carbonyl (C=O) groups excluding carboxylic acids is 1. The maximum atomic E-state index is 11.6. The summed E-state index contributed by atoms with van der Waals surface area (Å²) in [5, 5.41) is 6.11. The van der Waals surface area contributed by atoms with Crippen LogP contribution in [-0.2, 0) is 4.79 Å². The maximum Gasteiger partial charge on any atom is 0.239 e. The second kappa shape index (κ2) is 7.75. The first kappa shape index (κ1) is 14.6. The van der Waals surface area contributed by atoms with Gasteiger partial charge < -0.3 is 10.6 Å². The van der Waals surface area contributed by atoms with E-state index in [9.17, 15) is 4.79 Å². The molecule has 1 aromatic rings. The van der Waals surface area contributed by atoms with E-state index in [0.29, 0.717) is 12.5 Å². The number of anilines is 1. The summed E-state index contributed by atoms with van der Waals surface area (Å²) in [5.41, 5.74) is 2.30. The third-order valence-corrected chi connectivity index (χ3v) is 2.87. The van der Waals surface area contributed by atoms with Crippen molar-refractivity contribution in [3.8, 4) is 0 Å². The molecule has 0 saturated carbocycles. The quantitative estimate of drug-likeness (QED) is 0.728. The average molecular weight is 248 g/mol. The first-order valence-electron chi connectivity index (χ1n) is 6.74. The number of unbranched alkanes of at least 4 members (excludes halogenated alkanes) is 1. The van der Waals surface area contributed by atoms with Crippen LogP contribution in [0.15, 0.2) is 24.3 Å². The molecule has 0 aliphatic rings. The molecule has 2 N–H and O–H groups in total. The van der Waals surface area contributed by atoms with Crippen LogP contribution in [0.2, 0.25) is 0 Å². The second-order valence-corrected chi connectivity index (χ2v) is 4.80. The van der Waals surface area contributed by atoms with Crippen molar-refractivity contribution in [1.82, 2.24) is 5.32 Å². The summed E-state index contributed by atoms with van der Waals surface area (Å²) in [6.45, 7) is 7.53. The lowest BCUT2D eigenvalue weighted by molar-refractivity contribution is -0.119. The van der Waals surface area contributed by atoms with Gasteiger partial charge in [-0.25, -0.2) is 0 Å². The highest BCUT2D eigenvalue weighted by Crippen LogP contribution is 2.23. The Hall–Kier alpha value is -1.51. The maximum absolute atomic E-state index is 11.6. The lowest BCUT2D eigenvalue weighted by atomic mass is 10.0. The fraction of sp³-hybridized carbons (Fsp3) is 0.533. The van der Waals surface area contributed by atoms with E-state index >= 15 is 0 Å². The van der Waals surface area contributed by atoms with Gasteiger partial charge in [0.05, 0.1) is 6.54 Å². The minimum atomic E-state index is 0.0574. The van der Waals surface area contributed by atoms with Crippen LogP contribution in [0.1, 0.15) is 45.1 Å². The molecule has 0 heterocycles. The zero-order valence-corrected chi connectivity index (χ0v) is 11.6. The van der Waals surface area contributed by atoms with Crippen molar-refractivity contribution < 1.29 is 4.79 Å². The fourth-order valence-electron chi connectivity index (χ4n) is 1.80. The summed E-state index contributed by atoms with van der Waals surface area (Å²) >= 11 is 0. The van der Waals surface area contributed by atoms with Crippen LogP contribution in [0.3, 0.4) is 0 Å². The molecule has 0 aliphatic carbocycles. The Morgan fingerprint density at radius 1 is 1.28 bits per heavy atom. The number of nitrogens with one attached hydrogen (secondary N) is 2. The highest BCUT2D eigenvalue weighted by atomic mass is 16.1. The summed E-state index contributed by atoms with van der Waals surface area (Å²) in [6.07, 6.45) is 2.14. The Balaban J connectivity index is 2.45. The normalized spacial score (nSPS) is 10.4. The molecule has 0 unspecified atom stereocenters. The van der Waals surface area contributed by atoms with Gasteiger partial charge in [0, 0.05) is 12.2 Å². The van der Waals surface area contributed by atoms with E-state index in [1.165, 1.54) is 5.56 Å². The van der Waals surface area contributed by atoms with Crippen LogP contribution in [-0.4, -0.2) is 19.0 Å². The van der Waals surface area contributed by atoms with Gasteiger partial charge in [0.25, 0.3) is 0 Å². The monoisotopic (exact) mass is 248 g/mol. The molecule has 0 saturated heterocycles. The predicted octanol–water partition coefficient (Wildman–Crippen LogP) is 3.14. The van der Waals surface area contributed by atoms with E-state index < -0.39 is 0 Å². The van der Waals surface area contributed by atoms with Gasteiger partial charge >= 0.3 is 0 Å². The van der Waals surface area contributed by atoms with E-state index in [1.807, 2.05) is 18.2 Å². The Bertz CT molecular complexity index is 375. The van der Waals surface area contributed by atoms with Crippen LogP contribution in [0.5, 0.6) is 0 Å². The third-order valence-electron chi connectivity index (χ3n) is 2.87. The molecule has 3 nitrogen and oxygen atoms in total. The molecule has 1 aromatic carbocycles. The van der Waals surface area contributed by atoms with Gasteiger partial charge in [-0.2, -0.15) is 0 Å². The Morgan fingerprint density at radius 3 is 2.67 bits per heavy atom. The van der Waals surface area contributed by atoms with Crippen molar-refractivity contribution in [2.24, 2.45) is 0 Å². The molecule has 0 aliphatic heterocycles. The van der Waals surface area contributed by atoms with E-state index in [0.717, 1.165) is 25.1 Å². The molecule has 0 bridgehead atoms. The first-order valence-corrected chi connectivity index (χ1v) is 6.74. The van der Waals surface area contributed by atoms with Gasteiger partial charge in [-0.3, -0.25) is 4.79 Å². The Kier molecular flexibility index (Phi) is 6.26. The number of hydrogen-bond donors (Lipinski definition) is 2. The molecule has 0 spiro atoms. The molecule has 0 atom stereocenters. The minimum absolute atomic E-state index is 0.0574. The predicted molar refractivity (Wildman–Crippen MR) is 76.9 cm³/mol. The summed E-state index contributed by atoms with van der Waals surface area (Å²) < 4.78 is 0. The van der Waals surface area contributed by atoms with Crippen molar-refractivity contribution in [2.75, 3.05) is 18.4 Å². The summed E-state index contributed by atoms with van der Waals surface area (Å²) in [4.78, 5) is 11.6. The molecule has 1 amide bonds. The largest absolute Gasteiger partial charge is 0.376 e. The zero-order valence-electron chi connectivity index (χ0n) is 11.6. The van der Waals surface area contributed by atoms with Crippen molar-refractivity contribution in [2.45, 2.75) is 39.5 Å². The minimum Gasteiger partial charge on any atom is -0.376 e. The van der Waals surface area contributed by atoms with E-state index in [1.54, 1.807) is 0 Å².